The first-order valence-electron chi connectivity index (χ1n) is 12.8. The van der Waals surface area contributed by atoms with Gasteiger partial charge in [-0.25, -0.2) is 4.98 Å². The number of nitrogens with one attached hydrogen (secondary N) is 1. The van der Waals surface area contributed by atoms with Crippen LogP contribution >= 0.6 is 11.1 Å². The maximum Gasteiger partial charge on any atom is 0.257 e. The van der Waals surface area contributed by atoms with Crippen molar-refractivity contribution < 1.29 is 18.9 Å². The number of aromatic nitrogens is 3. The van der Waals surface area contributed by atoms with E-state index in [4.69, 9.17) is 4.42 Å². The van der Waals surface area contributed by atoms with E-state index < -0.39 is 11.1 Å². The minimum Gasteiger partial charge on any atom is -0.546 e. The van der Waals surface area contributed by atoms with Gasteiger partial charge in [-0.3, -0.25) is 4.79 Å². The van der Waals surface area contributed by atoms with Gasteiger partial charge in [-0.05, 0) is 49.7 Å². The van der Waals surface area contributed by atoms with Crippen LogP contribution in [0.1, 0.15) is 41.3 Å². The zero-order chi connectivity index (χ0) is 27.5. The first-order valence-corrected chi connectivity index (χ1v) is 13.9. The van der Waals surface area contributed by atoms with Crippen LogP contribution in [0.15, 0.2) is 59.1 Å². The van der Waals surface area contributed by atoms with Gasteiger partial charge >= 0.3 is 0 Å². The Morgan fingerprint density at radius 1 is 1.15 bits per heavy atom. The molecular formula is C27H31N7O4S. The highest BCUT2D eigenvalue weighted by Crippen LogP contribution is 2.39. The number of rotatable bonds is 8. The number of phenols is 1. The maximum absolute atomic E-state index is 13.4. The van der Waals surface area contributed by atoms with Crippen LogP contribution in [0.4, 0.5) is 23.1 Å². The van der Waals surface area contributed by atoms with Gasteiger partial charge in [0.15, 0.2) is 16.9 Å². The molecular weight excluding hydrogens is 518 g/mol. The predicted molar refractivity (Wildman–Crippen MR) is 149 cm³/mol. The molecule has 12 heteroatoms. The average Bonchev–Trinajstić information content (AvgIpc) is 3.56. The Hall–Kier alpha value is -4.16. The van der Waals surface area contributed by atoms with Crippen LogP contribution in [0.2, 0.25) is 0 Å². The van der Waals surface area contributed by atoms with Crippen molar-refractivity contribution in [1.29, 1.82) is 0 Å². The number of pyridine rings is 1. The number of carbonyl (C=O) groups excluding carboxylic acids is 1. The third-order valence-corrected chi connectivity index (χ3v) is 7.50. The Kier molecular flexibility index (Phi) is 7.66. The van der Waals surface area contributed by atoms with Crippen molar-refractivity contribution in [2.45, 2.75) is 26.3 Å². The van der Waals surface area contributed by atoms with Gasteiger partial charge in [0, 0.05) is 48.2 Å². The Labute approximate surface area is 229 Å². The number of aromatic hydroxyl groups is 1. The number of anilines is 4. The Morgan fingerprint density at radius 3 is 2.62 bits per heavy atom. The van der Waals surface area contributed by atoms with Crippen LogP contribution in [0.5, 0.6) is 5.75 Å². The number of hydrogen-bond acceptors (Lipinski definition) is 10. The molecule has 2 atom stereocenters. The molecule has 1 saturated heterocycles. The molecule has 2 N–H and O–H groups in total. The number of aryl methyl sites for hydroxylation is 1. The zero-order valence-corrected chi connectivity index (χ0v) is 22.9. The Bertz CT molecular complexity index is 1430. The molecule has 1 aromatic carbocycles. The molecule has 0 bridgehead atoms. The molecule has 0 radical (unpaired) electrons. The van der Waals surface area contributed by atoms with Gasteiger partial charge in [0.1, 0.15) is 17.3 Å². The standard InChI is InChI=1S/C27H31N7O4S/c1-4-20(22-12-11-18(2)38-22)29-25-26(31-39(37)30-25)32(3)21-9-7-8-19(24(21)35)27(36)34-16-14-33(15-17-34)23-10-5-6-13-28-23/h5-13,20,35H,4,14-17H2,1-3H3,(H,29,30)/t20-,39?/m1/s1. The van der Waals surface area contributed by atoms with E-state index in [1.54, 1.807) is 41.2 Å². The lowest BCUT2D eigenvalue weighted by molar-refractivity contribution is 0.0743. The summed E-state index contributed by atoms with van der Waals surface area (Å²) in [7, 11) is 1.69. The number of furan rings is 1. The monoisotopic (exact) mass is 549 g/mol. The number of piperazine rings is 1. The fraction of sp³-hybridized carbons (Fsp3) is 0.333. The number of nitrogens with zero attached hydrogens (tertiary/aromatic N) is 6. The van der Waals surface area contributed by atoms with Gasteiger partial charge in [-0.2, -0.15) is 0 Å². The summed E-state index contributed by atoms with van der Waals surface area (Å²) in [5.41, 5.74) is 0.538. The van der Waals surface area contributed by atoms with Crippen LogP contribution in [-0.4, -0.2) is 67.4 Å². The second-order valence-electron chi connectivity index (χ2n) is 9.34. The highest BCUT2D eigenvalue weighted by atomic mass is 32.2. The Balaban J connectivity index is 1.34. The first-order chi connectivity index (χ1) is 18.9. The van der Waals surface area contributed by atoms with E-state index in [-0.39, 0.29) is 23.3 Å². The van der Waals surface area contributed by atoms with E-state index in [2.05, 4.69) is 23.9 Å². The molecule has 1 aliphatic rings. The van der Waals surface area contributed by atoms with Crippen LogP contribution in [-0.2, 0) is 0 Å². The molecule has 5 rings (SSSR count). The lowest BCUT2D eigenvalue weighted by Crippen LogP contribution is -2.49. The average molecular weight is 550 g/mol. The minimum absolute atomic E-state index is 0.175. The molecule has 204 valence electrons. The van der Waals surface area contributed by atoms with Gasteiger partial charge < -0.3 is 34.1 Å². The summed E-state index contributed by atoms with van der Waals surface area (Å²) < 4.78 is 26.4. The van der Waals surface area contributed by atoms with Gasteiger partial charge in [0.05, 0.1) is 17.3 Å². The van der Waals surface area contributed by atoms with Gasteiger partial charge in [-0.15, -0.1) is 0 Å². The topological polar surface area (TPSA) is 134 Å². The normalized spacial score (nSPS) is 14.8. The minimum atomic E-state index is -1.82. The van der Waals surface area contributed by atoms with Crippen molar-refractivity contribution in [3.05, 3.63) is 71.8 Å². The third kappa shape index (κ3) is 5.52. The van der Waals surface area contributed by atoms with Crippen molar-refractivity contribution in [2.75, 3.05) is 48.3 Å². The van der Waals surface area contributed by atoms with Crippen molar-refractivity contribution in [3.63, 3.8) is 0 Å². The van der Waals surface area contributed by atoms with Crippen LogP contribution < -0.4 is 15.1 Å². The summed E-state index contributed by atoms with van der Waals surface area (Å²) in [4.78, 5) is 23.2. The van der Waals surface area contributed by atoms with Gasteiger partial charge in [0.2, 0.25) is 11.6 Å². The number of phenolic OH excluding ortho intramolecular Hbond substituents is 1. The van der Waals surface area contributed by atoms with Crippen molar-refractivity contribution in [1.82, 2.24) is 18.6 Å². The quantitative estimate of drug-likeness (QED) is 0.303. The lowest BCUT2D eigenvalue weighted by Gasteiger charge is -2.35. The highest BCUT2D eigenvalue weighted by Gasteiger charge is 2.29. The smallest absolute Gasteiger partial charge is 0.257 e. The number of para-hydroxylation sites is 1. The molecule has 0 spiro atoms. The molecule has 4 heterocycles. The Morgan fingerprint density at radius 2 is 1.95 bits per heavy atom. The SMILES string of the molecule is CC[C@@H](Nc1n[s+]([O-])nc1N(C)c1cccc(C(=O)N2CCN(c3ccccn3)CC2)c1O)c1ccc(C)o1. The summed E-state index contributed by atoms with van der Waals surface area (Å²) in [6.45, 7) is 6.17. The molecule has 1 amide bonds. The molecule has 1 fully saturated rings. The molecule has 4 aromatic rings. The second-order valence-corrected chi connectivity index (χ2v) is 10.2. The predicted octanol–water partition coefficient (Wildman–Crippen LogP) is 4.50. The molecule has 1 unspecified atom stereocenters. The van der Waals surface area contributed by atoms with E-state index in [1.807, 2.05) is 44.2 Å². The van der Waals surface area contributed by atoms with Crippen LogP contribution in [0, 0.1) is 6.92 Å². The highest BCUT2D eigenvalue weighted by molar-refractivity contribution is 7.14. The van der Waals surface area contributed by atoms with E-state index in [0.29, 0.717) is 49.9 Å². The molecule has 3 aromatic heterocycles. The molecule has 39 heavy (non-hydrogen) atoms. The van der Waals surface area contributed by atoms with Gasteiger partial charge in [0.25, 0.3) is 5.91 Å². The maximum atomic E-state index is 13.4. The van der Waals surface area contributed by atoms with Gasteiger partial charge in [-0.1, -0.05) is 19.1 Å². The van der Waals surface area contributed by atoms with Crippen molar-refractivity contribution >= 4 is 40.2 Å². The van der Waals surface area contributed by atoms with Crippen LogP contribution in [0.25, 0.3) is 0 Å². The van der Waals surface area contributed by atoms with E-state index in [9.17, 15) is 14.5 Å². The lowest BCUT2D eigenvalue weighted by atomic mass is 10.1. The molecule has 1 aliphatic heterocycles. The summed E-state index contributed by atoms with van der Waals surface area (Å²) in [5, 5.41) is 14.5. The number of carbonyl (C=O) groups is 1. The van der Waals surface area contributed by atoms with Crippen molar-refractivity contribution in [3.8, 4) is 5.75 Å². The zero-order valence-electron chi connectivity index (χ0n) is 22.1. The number of benzene rings is 1. The first kappa shape index (κ1) is 26.4. The summed E-state index contributed by atoms with van der Waals surface area (Å²) in [5.74, 6) is 2.58. The third-order valence-electron chi connectivity index (χ3n) is 6.83. The van der Waals surface area contributed by atoms with Crippen molar-refractivity contribution in [2.24, 2.45) is 0 Å². The largest absolute Gasteiger partial charge is 0.546 e. The molecule has 0 saturated carbocycles. The second kappa shape index (κ2) is 11.3. The molecule has 0 aliphatic carbocycles. The molecule has 11 nitrogen and oxygen atoms in total. The summed E-state index contributed by atoms with van der Waals surface area (Å²) >= 11 is -1.82. The summed E-state index contributed by atoms with van der Waals surface area (Å²) in [6, 6.07) is 14.3. The van der Waals surface area contributed by atoms with Crippen LogP contribution in [0.3, 0.4) is 0 Å². The van der Waals surface area contributed by atoms with E-state index in [0.717, 1.165) is 17.3 Å². The number of hydrogen-bond donors (Lipinski definition) is 2. The summed E-state index contributed by atoms with van der Waals surface area (Å²) in [6.07, 6.45) is 2.45. The fourth-order valence-electron chi connectivity index (χ4n) is 4.69. The van der Waals surface area contributed by atoms with E-state index in [1.165, 1.54) is 0 Å². The van der Waals surface area contributed by atoms with E-state index >= 15 is 0 Å². The fourth-order valence-corrected chi connectivity index (χ4v) is 5.37. The number of amides is 1.